The molecular weight excluding hydrogens is 150 g/mol. The van der Waals surface area contributed by atoms with Crippen molar-refractivity contribution in [1.82, 2.24) is 15.7 Å². The van der Waals surface area contributed by atoms with E-state index in [-0.39, 0.29) is 11.5 Å². The largest absolute Gasteiger partial charge is 0.409 e. The quantitative estimate of drug-likeness (QED) is 0.158. The van der Waals surface area contributed by atoms with Gasteiger partial charge in [0.2, 0.25) is 5.84 Å². The Morgan fingerprint density at radius 3 is 2.82 bits per heavy atom. The number of amidine groups is 1. The summed E-state index contributed by atoms with van der Waals surface area (Å²) in [6, 6.07) is 0. The fraction of sp³-hybridized carbons (Fsp3) is 0.250. The standard InChI is InChI=1S/C4H7N5O2/c1-2-3(9-11-8-2)4(6-5)7-10/h10H,5H2,1H3,(H,6,7). The molecule has 0 atom stereocenters. The van der Waals surface area contributed by atoms with Crippen LogP contribution >= 0.6 is 0 Å². The Labute approximate surface area is 61.8 Å². The number of oxime groups is 1. The number of hydrogen-bond acceptors (Lipinski definition) is 6. The minimum absolute atomic E-state index is 0.0174. The lowest BCUT2D eigenvalue weighted by molar-refractivity contribution is 0.301. The van der Waals surface area contributed by atoms with E-state index in [4.69, 9.17) is 11.0 Å². The summed E-state index contributed by atoms with van der Waals surface area (Å²) in [5.41, 5.74) is 2.92. The summed E-state index contributed by atoms with van der Waals surface area (Å²) in [6.45, 7) is 1.65. The van der Waals surface area contributed by atoms with E-state index in [9.17, 15) is 0 Å². The van der Waals surface area contributed by atoms with Gasteiger partial charge in [0.25, 0.3) is 0 Å². The zero-order valence-electron chi connectivity index (χ0n) is 5.77. The van der Waals surface area contributed by atoms with Crippen LogP contribution < -0.4 is 11.3 Å². The smallest absolute Gasteiger partial charge is 0.210 e. The zero-order chi connectivity index (χ0) is 8.27. The lowest BCUT2D eigenvalue weighted by Gasteiger charge is -1.95. The minimum atomic E-state index is 0.0174. The summed E-state index contributed by atoms with van der Waals surface area (Å²) in [6.07, 6.45) is 0. The highest BCUT2D eigenvalue weighted by Gasteiger charge is 2.11. The van der Waals surface area contributed by atoms with Gasteiger partial charge in [-0.05, 0) is 12.1 Å². The minimum Gasteiger partial charge on any atom is -0.409 e. The molecule has 0 aliphatic heterocycles. The number of aromatic nitrogens is 2. The molecule has 60 valence electrons. The molecule has 1 rings (SSSR count). The van der Waals surface area contributed by atoms with E-state index < -0.39 is 0 Å². The van der Waals surface area contributed by atoms with Crippen molar-refractivity contribution in [3.8, 4) is 0 Å². The molecule has 0 amide bonds. The predicted molar refractivity (Wildman–Crippen MR) is 34.7 cm³/mol. The van der Waals surface area contributed by atoms with Crippen molar-refractivity contribution in [2.24, 2.45) is 11.0 Å². The van der Waals surface area contributed by atoms with Crippen LogP contribution in [0.15, 0.2) is 9.78 Å². The van der Waals surface area contributed by atoms with E-state index in [1.165, 1.54) is 0 Å². The summed E-state index contributed by atoms with van der Waals surface area (Å²) >= 11 is 0. The molecule has 0 fully saturated rings. The van der Waals surface area contributed by atoms with Gasteiger partial charge in [0.1, 0.15) is 5.69 Å². The molecule has 0 radical (unpaired) electrons. The van der Waals surface area contributed by atoms with E-state index in [1.54, 1.807) is 6.92 Å². The molecule has 0 aliphatic rings. The maximum atomic E-state index is 8.36. The van der Waals surface area contributed by atoms with Crippen molar-refractivity contribution >= 4 is 5.84 Å². The second-order valence-corrected chi connectivity index (χ2v) is 1.79. The average Bonchev–Trinajstić information content (AvgIpc) is 2.40. The molecule has 0 aliphatic carbocycles. The molecular formula is C4H7N5O2. The van der Waals surface area contributed by atoms with Crippen LogP contribution in [-0.4, -0.2) is 21.4 Å². The third-order valence-corrected chi connectivity index (χ3v) is 1.11. The molecule has 1 heterocycles. The first-order chi connectivity index (χ1) is 5.29. The summed E-state index contributed by atoms with van der Waals surface area (Å²) in [5.74, 6) is 5.01. The van der Waals surface area contributed by atoms with E-state index in [0.717, 1.165) is 0 Å². The van der Waals surface area contributed by atoms with Crippen molar-refractivity contribution in [1.29, 1.82) is 0 Å². The number of aryl methyl sites for hydroxylation is 1. The van der Waals surface area contributed by atoms with Gasteiger partial charge in [-0.15, -0.1) is 0 Å². The highest BCUT2D eigenvalue weighted by molar-refractivity contribution is 5.96. The highest BCUT2D eigenvalue weighted by atomic mass is 16.6. The zero-order valence-corrected chi connectivity index (χ0v) is 5.77. The molecule has 4 N–H and O–H groups in total. The van der Waals surface area contributed by atoms with Gasteiger partial charge in [-0.1, -0.05) is 10.3 Å². The molecule has 1 aromatic rings. The van der Waals surface area contributed by atoms with E-state index in [2.05, 4.69) is 25.5 Å². The molecule has 0 saturated carbocycles. The maximum Gasteiger partial charge on any atom is 0.210 e. The first-order valence-electron chi connectivity index (χ1n) is 2.77. The Morgan fingerprint density at radius 1 is 1.73 bits per heavy atom. The topological polar surface area (TPSA) is 110 Å². The van der Waals surface area contributed by atoms with Crippen LogP contribution in [0.4, 0.5) is 0 Å². The second kappa shape index (κ2) is 2.97. The second-order valence-electron chi connectivity index (χ2n) is 1.79. The van der Waals surface area contributed by atoms with Crippen LogP contribution in [0.3, 0.4) is 0 Å². The Hall–Kier alpha value is -1.63. The molecule has 7 heteroatoms. The molecule has 1 aromatic heterocycles. The van der Waals surface area contributed by atoms with Crippen molar-refractivity contribution in [3.05, 3.63) is 11.4 Å². The van der Waals surface area contributed by atoms with Crippen LogP contribution in [0.25, 0.3) is 0 Å². The number of nitrogens with zero attached hydrogens (tertiary/aromatic N) is 3. The van der Waals surface area contributed by atoms with Crippen molar-refractivity contribution < 1.29 is 9.84 Å². The van der Waals surface area contributed by atoms with Crippen molar-refractivity contribution in [2.75, 3.05) is 0 Å². The van der Waals surface area contributed by atoms with Crippen LogP contribution in [0.5, 0.6) is 0 Å². The van der Waals surface area contributed by atoms with Gasteiger partial charge in [-0.25, -0.2) is 10.5 Å². The summed E-state index contributed by atoms with van der Waals surface area (Å²) in [5, 5.41) is 18.1. The molecule has 0 spiro atoms. The summed E-state index contributed by atoms with van der Waals surface area (Å²) in [7, 11) is 0. The van der Waals surface area contributed by atoms with Gasteiger partial charge in [0.15, 0.2) is 5.69 Å². The molecule has 0 aromatic carbocycles. The van der Waals surface area contributed by atoms with Crippen LogP contribution in [-0.2, 0) is 0 Å². The molecule has 11 heavy (non-hydrogen) atoms. The van der Waals surface area contributed by atoms with Crippen LogP contribution in [0.2, 0.25) is 0 Å². The normalized spacial score (nSPS) is 11.6. The number of hydrazine groups is 1. The van der Waals surface area contributed by atoms with Gasteiger partial charge in [0.05, 0.1) is 0 Å². The maximum absolute atomic E-state index is 8.36. The summed E-state index contributed by atoms with van der Waals surface area (Å²) in [4.78, 5) is 0. The molecule has 0 unspecified atom stereocenters. The number of nitrogens with two attached hydrogens (primary N) is 1. The predicted octanol–water partition coefficient (Wildman–Crippen LogP) is -1.02. The Kier molecular flexibility index (Phi) is 2.02. The molecule has 0 bridgehead atoms. The number of hydrogen-bond donors (Lipinski definition) is 3. The van der Waals surface area contributed by atoms with Gasteiger partial charge < -0.3 is 10.6 Å². The monoisotopic (exact) mass is 157 g/mol. The third-order valence-electron chi connectivity index (χ3n) is 1.11. The summed E-state index contributed by atoms with van der Waals surface area (Å²) < 4.78 is 4.34. The molecule has 0 saturated heterocycles. The van der Waals surface area contributed by atoms with Gasteiger partial charge in [-0.2, -0.15) is 0 Å². The van der Waals surface area contributed by atoms with E-state index in [1.807, 2.05) is 0 Å². The first kappa shape index (κ1) is 7.48. The molecule has 7 nitrogen and oxygen atoms in total. The van der Waals surface area contributed by atoms with Gasteiger partial charge in [0, 0.05) is 0 Å². The highest BCUT2D eigenvalue weighted by Crippen LogP contribution is 1.99. The fourth-order valence-corrected chi connectivity index (χ4v) is 0.591. The average molecular weight is 157 g/mol. The first-order valence-corrected chi connectivity index (χ1v) is 2.77. The van der Waals surface area contributed by atoms with E-state index in [0.29, 0.717) is 5.69 Å². The number of rotatable bonds is 1. The van der Waals surface area contributed by atoms with Crippen LogP contribution in [0, 0.1) is 6.92 Å². The fourth-order valence-electron chi connectivity index (χ4n) is 0.591. The Bertz CT molecular complexity index is 267. The van der Waals surface area contributed by atoms with Crippen molar-refractivity contribution in [3.63, 3.8) is 0 Å². The lowest BCUT2D eigenvalue weighted by Crippen LogP contribution is -2.31. The Morgan fingerprint density at radius 2 is 2.45 bits per heavy atom. The van der Waals surface area contributed by atoms with Crippen LogP contribution in [0.1, 0.15) is 11.4 Å². The van der Waals surface area contributed by atoms with Gasteiger partial charge in [-0.3, -0.25) is 0 Å². The van der Waals surface area contributed by atoms with Crippen molar-refractivity contribution in [2.45, 2.75) is 6.92 Å². The Balaban J connectivity index is 3.00. The van der Waals surface area contributed by atoms with E-state index >= 15 is 0 Å². The number of nitrogens with one attached hydrogen (secondary N) is 1. The SMILES string of the molecule is Cc1nonc1C(=NO)NN. The van der Waals surface area contributed by atoms with Gasteiger partial charge >= 0.3 is 0 Å². The lowest BCUT2D eigenvalue weighted by atomic mass is 10.3. The third kappa shape index (κ3) is 1.27.